The van der Waals surface area contributed by atoms with Gasteiger partial charge >= 0.3 is 5.97 Å². The van der Waals surface area contributed by atoms with Crippen LogP contribution >= 0.6 is 0 Å². The van der Waals surface area contributed by atoms with Gasteiger partial charge in [0.1, 0.15) is 17.6 Å². The third-order valence-corrected chi connectivity index (χ3v) is 4.81. The second-order valence-corrected chi connectivity index (χ2v) is 6.74. The molecule has 0 fully saturated rings. The van der Waals surface area contributed by atoms with Gasteiger partial charge in [0.15, 0.2) is 5.03 Å². The van der Waals surface area contributed by atoms with E-state index in [1.807, 2.05) is 6.92 Å². The summed E-state index contributed by atoms with van der Waals surface area (Å²) in [5.41, 5.74) is 0.261. The van der Waals surface area contributed by atoms with Crippen LogP contribution in [-0.2, 0) is 21.4 Å². The lowest BCUT2D eigenvalue weighted by atomic mass is 10.1. The Bertz CT molecular complexity index is 845. The fraction of sp³-hybridized carbons (Fsp3) is 0.333. The van der Waals surface area contributed by atoms with Crippen molar-refractivity contribution in [3.8, 4) is 5.75 Å². The number of carboxylic acid groups (broad SMARTS) is 1. The minimum atomic E-state index is -4.09. The first kappa shape index (κ1) is 18.0. The number of ether oxygens (including phenoxy) is 1. The van der Waals surface area contributed by atoms with Crippen LogP contribution in [0.15, 0.2) is 35.5 Å². The summed E-state index contributed by atoms with van der Waals surface area (Å²) in [5.74, 6) is -0.353. The van der Waals surface area contributed by atoms with Crippen molar-refractivity contribution in [2.75, 3.05) is 7.11 Å². The van der Waals surface area contributed by atoms with Crippen molar-refractivity contribution in [3.05, 3.63) is 41.9 Å². The Labute approximate surface area is 140 Å². The van der Waals surface area contributed by atoms with Crippen LogP contribution in [0, 0.1) is 6.92 Å². The molecule has 0 amide bonds. The number of hydrogen-bond acceptors (Lipinski definition) is 5. The average molecular weight is 353 g/mol. The van der Waals surface area contributed by atoms with E-state index in [0.29, 0.717) is 18.1 Å². The predicted octanol–water partition coefficient (Wildman–Crippen LogP) is 1.32. The first-order valence-corrected chi connectivity index (χ1v) is 8.69. The summed E-state index contributed by atoms with van der Waals surface area (Å²) in [6, 6.07) is 4.77. The highest BCUT2D eigenvalue weighted by molar-refractivity contribution is 7.89. The van der Waals surface area contributed by atoms with Gasteiger partial charge in [-0.1, -0.05) is 12.1 Å². The average Bonchev–Trinajstić information content (AvgIpc) is 2.94. The first-order chi connectivity index (χ1) is 11.3. The number of nitrogens with zero attached hydrogens (tertiary/aromatic N) is 2. The van der Waals surface area contributed by atoms with Crippen LogP contribution in [0.25, 0.3) is 0 Å². The van der Waals surface area contributed by atoms with Crippen molar-refractivity contribution in [2.45, 2.75) is 31.5 Å². The van der Waals surface area contributed by atoms with Crippen molar-refractivity contribution in [1.29, 1.82) is 0 Å². The normalized spacial score (nSPS) is 12.8. The number of aliphatic carboxylic acids is 1. The molecule has 24 heavy (non-hydrogen) atoms. The molecule has 1 aromatic carbocycles. The fourth-order valence-electron chi connectivity index (χ4n) is 2.23. The molecule has 130 valence electrons. The van der Waals surface area contributed by atoms with Crippen LogP contribution in [0.5, 0.6) is 5.75 Å². The number of methoxy groups -OCH3 is 1. The zero-order valence-electron chi connectivity index (χ0n) is 13.6. The molecule has 0 radical (unpaired) electrons. The van der Waals surface area contributed by atoms with E-state index >= 15 is 0 Å². The minimum Gasteiger partial charge on any atom is -0.497 e. The van der Waals surface area contributed by atoms with Crippen molar-refractivity contribution >= 4 is 16.0 Å². The molecule has 0 bridgehead atoms. The van der Waals surface area contributed by atoms with E-state index in [1.165, 1.54) is 25.4 Å². The van der Waals surface area contributed by atoms with Crippen molar-refractivity contribution in [3.63, 3.8) is 0 Å². The molecule has 2 rings (SSSR count). The Morgan fingerprint density at radius 1 is 1.46 bits per heavy atom. The van der Waals surface area contributed by atoms with Crippen LogP contribution in [0.4, 0.5) is 0 Å². The summed E-state index contributed by atoms with van der Waals surface area (Å²) in [6.45, 7) is 4.10. The van der Waals surface area contributed by atoms with Gasteiger partial charge in [-0.05, 0) is 31.5 Å². The van der Waals surface area contributed by atoms with Crippen LogP contribution in [-0.4, -0.2) is 36.2 Å². The van der Waals surface area contributed by atoms with Crippen molar-refractivity contribution < 1.29 is 23.1 Å². The molecule has 0 aliphatic heterocycles. The Morgan fingerprint density at radius 3 is 2.71 bits per heavy atom. The number of aromatic nitrogens is 2. The van der Waals surface area contributed by atoms with Crippen LogP contribution in [0.1, 0.15) is 24.4 Å². The fourth-order valence-corrected chi connectivity index (χ4v) is 3.41. The number of nitrogens with one attached hydrogen (secondary N) is 1. The van der Waals surface area contributed by atoms with Gasteiger partial charge in [0.25, 0.3) is 10.0 Å². The molecule has 9 heteroatoms. The Hall–Kier alpha value is -2.39. The van der Waals surface area contributed by atoms with E-state index in [0.717, 1.165) is 0 Å². The van der Waals surface area contributed by atoms with E-state index < -0.39 is 22.0 Å². The van der Waals surface area contributed by atoms with Gasteiger partial charge in [-0.25, -0.2) is 13.4 Å². The first-order valence-electron chi connectivity index (χ1n) is 7.21. The summed E-state index contributed by atoms with van der Waals surface area (Å²) in [7, 11) is -2.64. The Morgan fingerprint density at radius 2 is 2.17 bits per heavy atom. The van der Waals surface area contributed by atoms with E-state index in [2.05, 4.69) is 9.71 Å². The molecule has 0 aliphatic rings. The van der Waals surface area contributed by atoms with Crippen LogP contribution in [0.2, 0.25) is 0 Å². The van der Waals surface area contributed by atoms with Gasteiger partial charge in [0.2, 0.25) is 0 Å². The lowest BCUT2D eigenvalue weighted by Gasteiger charge is -2.15. The molecule has 1 heterocycles. The SMILES string of the molecule is CCn1cc(S(=O)(=O)NC(C(=O)O)c2cccc(OC)c2)nc1C. The topological polar surface area (TPSA) is 111 Å². The number of benzene rings is 1. The summed E-state index contributed by atoms with van der Waals surface area (Å²) in [5, 5.41) is 9.20. The maximum Gasteiger partial charge on any atom is 0.326 e. The molecule has 2 aromatic rings. The molecular weight excluding hydrogens is 334 g/mol. The number of aryl methyl sites for hydroxylation is 2. The third kappa shape index (κ3) is 3.74. The molecule has 0 spiro atoms. The number of imidazole rings is 1. The second kappa shape index (κ2) is 7.02. The molecule has 0 saturated heterocycles. The molecule has 1 aromatic heterocycles. The molecule has 2 N–H and O–H groups in total. The minimum absolute atomic E-state index is 0.212. The molecule has 1 unspecified atom stereocenters. The highest BCUT2D eigenvalue weighted by Gasteiger charge is 2.29. The van der Waals surface area contributed by atoms with Gasteiger partial charge in [-0.15, -0.1) is 0 Å². The number of rotatable bonds is 7. The quantitative estimate of drug-likeness (QED) is 0.777. The summed E-state index contributed by atoms with van der Waals surface area (Å²) in [6.07, 6.45) is 1.38. The number of carboxylic acids is 1. The largest absolute Gasteiger partial charge is 0.497 e. The summed E-state index contributed by atoms with van der Waals surface area (Å²) in [4.78, 5) is 15.5. The van der Waals surface area contributed by atoms with Gasteiger partial charge in [-0.2, -0.15) is 4.72 Å². The maximum atomic E-state index is 12.5. The summed E-state index contributed by atoms with van der Waals surface area (Å²) < 4.78 is 33.8. The lowest BCUT2D eigenvalue weighted by Crippen LogP contribution is -2.34. The van der Waals surface area contributed by atoms with Gasteiger partial charge in [0.05, 0.1) is 7.11 Å². The Kier molecular flexibility index (Phi) is 5.25. The molecule has 1 atom stereocenters. The monoisotopic (exact) mass is 353 g/mol. The third-order valence-electron chi connectivity index (χ3n) is 3.52. The number of hydrogen-bond donors (Lipinski definition) is 2. The molecular formula is C15H19N3O5S. The number of carbonyl (C=O) groups is 1. The Balaban J connectivity index is 2.37. The molecule has 0 aliphatic carbocycles. The number of sulfonamides is 1. The summed E-state index contributed by atoms with van der Waals surface area (Å²) >= 11 is 0. The van der Waals surface area contributed by atoms with E-state index in [1.54, 1.807) is 23.6 Å². The standard InChI is InChI=1S/C15H19N3O5S/c1-4-18-9-13(16-10(18)2)24(21,22)17-14(15(19)20)11-6-5-7-12(8-11)23-3/h5-9,14,17H,4H2,1-3H3,(H,19,20). The second-order valence-electron chi connectivity index (χ2n) is 5.08. The predicted molar refractivity (Wildman–Crippen MR) is 86.3 cm³/mol. The van der Waals surface area contributed by atoms with Crippen molar-refractivity contribution in [1.82, 2.24) is 14.3 Å². The van der Waals surface area contributed by atoms with Gasteiger partial charge < -0.3 is 14.4 Å². The lowest BCUT2D eigenvalue weighted by molar-refractivity contribution is -0.139. The molecule has 0 saturated carbocycles. The smallest absolute Gasteiger partial charge is 0.326 e. The zero-order chi connectivity index (χ0) is 17.9. The maximum absolute atomic E-state index is 12.5. The van der Waals surface area contributed by atoms with Gasteiger partial charge in [0, 0.05) is 12.7 Å². The van der Waals surface area contributed by atoms with E-state index in [9.17, 15) is 18.3 Å². The van der Waals surface area contributed by atoms with E-state index in [-0.39, 0.29) is 10.6 Å². The molecule has 8 nitrogen and oxygen atoms in total. The van der Waals surface area contributed by atoms with Crippen LogP contribution in [0.3, 0.4) is 0 Å². The highest BCUT2D eigenvalue weighted by Crippen LogP contribution is 2.21. The zero-order valence-corrected chi connectivity index (χ0v) is 14.4. The van der Waals surface area contributed by atoms with Crippen molar-refractivity contribution in [2.24, 2.45) is 0 Å². The highest BCUT2D eigenvalue weighted by atomic mass is 32.2. The van der Waals surface area contributed by atoms with E-state index in [4.69, 9.17) is 4.74 Å². The van der Waals surface area contributed by atoms with Gasteiger partial charge in [-0.3, -0.25) is 4.79 Å². The van der Waals surface area contributed by atoms with Crippen LogP contribution < -0.4 is 9.46 Å².